The minimum absolute atomic E-state index is 0. The lowest BCUT2D eigenvalue weighted by Crippen LogP contribution is -3.00. The zero-order chi connectivity index (χ0) is 13.8. The molecule has 0 aromatic carbocycles. The zero-order valence-corrected chi connectivity index (χ0v) is 15.6. The molecule has 0 aliphatic carbocycles. The fourth-order valence-corrected chi connectivity index (χ4v) is 2.54. The van der Waals surface area contributed by atoms with E-state index in [0.29, 0.717) is 0 Å². The van der Waals surface area contributed by atoms with Gasteiger partial charge >= 0.3 is 0 Å². The Labute approximate surface area is 143 Å². The molecule has 0 unspecified atom stereocenters. The van der Waals surface area contributed by atoms with Crippen LogP contribution in [0.2, 0.25) is 0 Å². The summed E-state index contributed by atoms with van der Waals surface area (Å²) in [5.74, 6) is 0. The number of halogens is 1. The standard InChI is InChI=1S/C17H33N2.HI/c1-3-5-6-7-8-9-10-11-12-13-14-19-16-15-18(4-2)17-19;/h15-17H,3-14H2,1-2H3;1H/q+1;/p-1. The molecule has 1 aromatic rings. The van der Waals surface area contributed by atoms with Crippen molar-refractivity contribution in [1.29, 1.82) is 0 Å². The number of nitrogens with zero attached hydrogens (tertiary/aromatic N) is 2. The van der Waals surface area contributed by atoms with Gasteiger partial charge in [-0.05, 0) is 19.8 Å². The average molecular weight is 392 g/mol. The molecule has 0 fully saturated rings. The van der Waals surface area contributed by atoms with Gasteiger partial charge in [-0.25, -0.2) is 9.13 Å². The lowest BCUT2D eigenvalue weighted by atomic mass is 10.1. The van der Waals surface area contributed by atoms with Gasteiger partial charge in [0.1, 0.15) is 12.4 Å². The molecule has 2 nitrogen and oxygen atoms in total. The Morgan fingerprint density at radius 3 is 1.85 bits per heavy atom. The van der Waals surface area contributed by atoms with E-state index in [1.807, 2.05) is 0 Å². The van der Waals surface area contributed by atoms with Crippen molar-refractivity contribution in [3.63, 3.8) is 0 Å². The summed E-state index contributed by atoms with van der Waals surface area (Å²) in [7, 11) is 0. The molecular formula is C17H33IN2. The third-order valence-corrected chi connectivity index (χ3v) is 3.88. The predicted octanol–water partition coefficient (Wildman–Crippen LogP) is 1.72. The van der Waals surface area contributed by atoms with Crippen LogP contribution in [0.15, 0.2) is 18.7 Å². The summed E-state index contributed by atoms with van der Waals surface area (Å²) < 4.78 is 4.55. The first kappa shape index (κ1) is 19.9. The van der Waals surface area contributed by atoms with Gasteiger partial charge in [0.2, 0.25) is 6.33 Å². The molecule has 0 aliphatic heterocycles. The van der Waals surface area contributed by atoms with E-state index in [1.165, 1.54) is 70.8 Å². The average Bonchev–Trinajstić information content (AvgIpc) is 2.89. The number of unbranched alkanes of at least 4 members (excludes halogenated alkanes) is 9. The number of hydrogen-bond acceptors (Lipinski definition) is 0. The molecule has 1 aromatic heterocycles. The van der Waals surface area contributed by atoms with Crippen LogP contribution >= 0.6 is 0 Å². The first-order chi connectivity index (χ1) is 9.36. The fraction of sp³-hybridized carbons (Fsp3) is 0.824. The molecule has 0 saturated heterocycles. The first-order valence-electron chi connectivity index (χ1n) is 8.41. The van der Waals surface area contributed by atoms with Gasteiger partial charge in [0, 0.05) is 0 Å². The topological polar surface area (TPSA) is 8.81 Å². The molecule has 20 heavy (non-hydrogen) atoms. The van der Waals surface area contributed by atoms with Crippen molar-refractivity contribution >= 4 is 0 Å². The van der Waals surface area contributed by atoms with Gasteiger partial charge in [0.15, 0.2) is 0 Å². The molecule has 0 radical (unpaired) electrons. The first-order valence-corrected chi connectivity index (χ1v) is 8.41. The van der Waals surface area contributed by atoms with E-state index in [-0.39, 0.29) is 24.0 Å². The Morgan fingerprint density at radius 2 is 1.35 bits per heavy atom. The van der Waals surface area contributed by atoms with Gasteiger partial charge in [-0.3, -0.25) is 0 Å². The maximum absolute atomic E-state index is 2.31. The van der Waals surface area contributed by atoms with Gasteiger partial charge in [-0.1, -0.05) is 58.3 Å². The monoisotopic (exact) mass is 392 g/mol. The van der Waals surface area contributed by atoms with E-state index in [4.69, 9.17) is 0 Å². The molecule has 0 atom stereocenters. The second-order valence-corrected chi connectivity index (χ2v) is 5.66. The van der Waals surface area contributed by atoms with Gasteiger partial charge in [0.25, 0.3) is 0 Å². The van der Waals surface area contributed by atoms with Crippen LogP contribution < -0.4 is 28.5 Å². The highest BCUT2D eigenvalue weighted by atomic mass is 127. The molecule has 0 amide bonds. The summed E-state index contributed by atoms with van der Waals surface area (Å²) in [4.78, 5) is 0. The highest BCUT2D eigenvalue weighted by Gasteiger charge is 2.00. The van der Waals surface area contributed by atoms with E-state index in [1.54, 1.807) is 0 Å². The molecule has 118 valence electrons. The summed E-state index contributed by atoms with van der Waals surface area (Å²) >= 11 is 0. The van der Waals surface area contributed by atoms with Crippen LogP contribution in [0.4, 0.5) is 0 Å². The largest absolute Gasteiger partial charge is 1.00 e. The molecule has 0 N–H and O–H groups in total. The quantitative estimate of drug-likeness (QED) is 0.291. The van der Waals surface area contributed by atoms with Gasteiger partial charge in [-0.2, -0.15) is 0 Å². The highest BCUT2D eigenvalue weighted by Crippen LogP contribution is 2.10. The maximum Gasteiger partial charge on any atom is 0.243 e. The van der Waals surface area contributed by atoms with Crippen molar-refractivity contribution < 1.29 is 28.5 Å². The zero-order valence-electron chi connectivity index (χ0n) is 13.5. The second kappa shape index (κ2) is 13.9. The van der Waals surface area contributed by atoms with Gasteiger partial charge in [0.05, 0.1) is 13.1 Å². The Hall–Kier alpha value is -0.0600. The third-order valence-electron chi connectivity index (χ3n) is 3.88. The lowest BCUT2D eigenvalue weighted by Gasteiger charge is -2.01. The van der Waals surface area contributed by atoms with Crippen molar-refractivity contribution in [2.24, 2.45) is 0 Å². The Kier molecular flexibility index (Phi) is 13.9. The molecule has 0 spiro atoms. The van der Waals surface area contributed by atoms with E-state index in [9.17, 15) is 0 Å². The summed E-state index contributed by atoms with van der Waals surface area (Å²) in [5.41, 5.74) is 0. The fourth-order valence-electron chi connectivity index (χ4n) is 2.54. The maximum atomic E-state index is 2.31. The third kappa shape index (κ3) is 9.78. The van der Waals surface area contributed by atoms with Gasteiger partial charge < -0.3 is 24.0 Å². The Morgan fingerprint density at radius 1 is 0.800 bits per heavy atom. The number of hydrogen-bond donors (Lipinski definition) is 0. The van der Waals surface area contributed by atoms with Gasteiger partial charge in [-0.15, -0.1) is 0 Å². The predicted molar refractivity (Wildman–Crippen MR) is 82.1 cm³/mol. The smallest absolute Gasteiger partial charge is 0.243 e. The van der Waals surface area contributed by atoms with Crippen LogP contribution in [0.1, 0.15) is 78.1 Å². The van der Waals surface area contributed by atoms with E-state index in [0.717, 1.165) is 6.54 Å². The van der Waals surface area contributed by atoms with Crippen LogP contribution in [0.5, 0.6) is 0 Å². The number of imidazole rings is 1. The summed E-state index contributed by atoms with van der Waals surface area (Å²) in [5, 5.41) is 0. The Balaban J connectivity index is 0.00000361. The molecule has 0 bridgehead atoms. The van der Waals surface area contributed by atoms with Crippen molar-refractivity contribution in [2.45, 2.75) is 91.1 Å². The van der Waals surface area contributed by atoms with Crippen molar-refractivity contribution in [3.05, 3.63) is 18.7 Å². The Bertz CT molecular complexity index is 310. The van der Waals surface area contributed by atoms with Crippen LogP contribution in [0.25, 0.3) is 0 Å². The molecule has 1 rings (SSSR count). The van der Waals surface area contributed by atoms with Crippen molar-refractivity contribution in [3.8, 4) is 0 Å². The van der Waals surface area contributed by atoms with Crippen LogP contribution in [-0.4, -0.2) is 4.57 Å². The number of aryl methyl sites for hydroxylation is 2. The van der Waals surface area contributed by atoms with Crippen LogP contribution in [0, 0.1) is 0 Å². The molecular weight excluding hydrogens is 359 g/mol. The minimum atomic E-state index is 0. The highest BCUT2D eigenvalue weighted by molar-refractivity contribution is 4.64. The molecule has 1 heterocycles. The normalized spacial score (nSPS) is 10.5. The SMILES string of the molecule is CCCCCCCCCCCC[n+]1ccn(CC)c1.[I-]. The molecule has 0 aliphatic rings. The van der Waals surface area contributed by atoms with E-state index >= 15 is 0 Å². The lowest BCUT2D eigenvalue weighted by molar-refractivity contribution is -0.696. The molecule has 3 heteroatoms. The number of aromatic nitrogens is 2. The summed E-state index contributed by atoms with van der Waals surface area (Å²) in [6, 6.07) is 0. The summed E-state index contributed by atoms with van der Waals surface area (Å²) in [6.07, 6.45) is 20.7. The van der Waals surface area contributed by atoms with Crippen LogP contribution in [-0.2, 0) is 13.1 Å². The van der Waals surface area contributed by atoms with Crippen molar-refractivity contribution in [2.75, 3.05) is 0 Å². The van der Waals surface area contributed by atoms with Crippen molar-refractivity contribution in [1.82, 2.24) is 4.57 Å². The summed E-state index contributed by atoms with van der Waals surface area (Å²) in [6.45, 7) is 6.73. The van der Waals surface area contributed by atoms with E-state index < -0.39 is 0 Å². The minimum Gasteiger partial charge on any atom is -1.00 e. The number of rotatable bonds is 12. The molecule has 0 saturated carbocycles. The van der Waals surface area contributed by atoms with E-state index in [2.05, 4.69) is 41.7 Å². The second-order valence-electron chi connectivity index (χ2n) is 5.66. The van der Waals surface area contributed by atoms with Crippen LogP contribution in [0.3, 0.4) is 0 Å².